The van der Waals surface area contributed by atoms with Crippen LogP contribution in [0.15, 0.2) is 42.7 Å². The molecule has 1 aromatic heterocycles. The number of carbonyl (C=O) groups excluding carboxylic acids is 4. The molecule has 4 aliphatic rings. The van der Waals surface area contributed by atoms with Crippen LogP contribution in [0.4, 0.5) is 16.2 Å². The molecule has 2 aromatic rings. The number of rotatable bonds is 10. The zero-order chi connectivity index (χ0) is 36.6. The summed E-state index contributed by atoms with van der Waals surface area (Å²) in [5.41, 5.74) is -0.00351. The number of amides is 4. The van der Waals surface area contributed by atoms with Gasteiger partial charge in [0.05, 0.1) is 23.1 Å². The van der Waals surface area contributed by atoms with Gasteiger partial charge in [-0.3, -0.25) is 19.4 Å². The summed E-state index contributed by atoms with van der Waals surface area (Å²) in [5, 5.41) is 3.38. The van der Waals surface area contributed by atoms with Crippen LogP contribution in [0.3, 0.4) is 0 Å². The van der Waals surface area contributed by atoms with Gasteiger partial charge < -0.3 is 34.2 Å². The Morgan fingerprint density at radius 3 is 2.37 bits per heavy atom. The fourth-order valence-electron chi connectivity index (χ4n) is 7.76. The third-order valence-electron chi connectivity index (χ3n) is 10.4. The summed E-state index contributed by atoms with van der Waals surface area (Å²) in [5.74, 6) is -1.17. The molecule has 0 unspecified atom stereocenters. The molecular weight excluding hydrogens is 650 g/mol. The number of nitrogens with zero attached hydrogens (tertiary/aromatic N) is 4. The number of fused-ring (bicyclic) bond motifs is 1. The number of aromatic nitrogens is 1. The van der Waals surface area contributed by atoms with Gasteiger partial charge in [-0.15, -0.1) is 0 Å². The summed E-state index contributed by atoms with van der Waals surface area (Å²) in [6.07, 6.45) is 9.17. The van der Waals surface area contributed by atoms with E-state index in [1.807, 2.05) is 35.2 Å². The van der Waals surface area contributed by atoms with Crippen molar-refractivity contribution in [1.82, 2.24) is 15.2 Å². The zero-order valence-electron chi connectivity index (χ0n) is 30.9. The van der Waals surface area contributed by atoms with Gasteiger partial charge in [0.25, 0.3) is 5.91 Å². The standard InChI is InChI=1S/C39H53N5O7/c1-37(2,3)51-36(48)42-24-26(33(45)41-39(16-7-8-17-39)28-14-18-40-19-15-28)22-27(25-42)34(46)44(29-10-11-29)30-12-13-32-31(23-30)43(20-9-21-49-6)35(47)38(4,5)50-32/h12-15,18-19,23,26-27,29H,7-11,16-17,20-22,24-25H2,1-6H3,(H,41,45)/t26-,27+/m0/s1. The first-order valence-electron chi connectivity index (χ1n) is 18.4. The second kappa shape index (κ2) is 14.4. The highest BCUT2D eigenvalue weighted by atomic mass is 16.6. The minimum Gasteiger partial charge on any atom is -0.476 e. The average molecular weight is 704 g/mol. The molecule has 0 bridgehead atoms. The Bertz CT molecular complexity index is 1610. The number of carbonyl (C=O) groups is 4. The molecule has 1 aromatic carbocycles. The number of ether oxygens (including phenoxy) is 3. The summed E-state index contributed by atoms with van der Waals surface area (Å²) < 4.78 is 17.2. The van der Waals surface area contributed by atoms with E-state index in [0.717, 1.165) is 44.1 Å². The Morgan fingerprint density at radius 2 is 1.73 bits per heavy atom. The van der Waals surface area contributed by atoms with Gasteiger partial charge in [0.1, 0.15) is 11.4 Å². The summed E-state index contributed by atoms with van der Waals surface area (Å²) in [4.78, 5) is 65.3. The Balaban J connectivity index is 1.29. The summed E-state index contributed by atoms with van der Waals surface area (Å²) >= 11 is 0. The quantitative estimate of drug-likeness (QED) is 0.318. The molecule has 3 heterocycles. The van der Waals surface area contributed by atoms with Crippen molar-refractivity contribution in [2.24, 2.45) is 11.8 Å². The van der Waals surface area contributed by atoms with Crippen LogP contribution in [-0.4, -0.2) is 84.3 Å². The molecule has 1 N–H and O–H groups in total. The van der Waals surface area contributed by atoms with Gasteiger partial charge in [0.2, 0.25) is 11.8 Å². The lowest BCUT2D eigenvalue weighted by Gasteiger charge is -2.41. The number of nitrogens with one attached hydrogen (secondary N) is 1. The predicted molar refractivity (Wildman–Crippen MR) is 192 cm³/mol. The third-order valence-corrected chi connectivity index (χ3v) is 10.4. The Morgan fingerprint density at radius 1 is 1.04 bits per heavy atom. The van der Waals surface area contributed by atoms with Crippen molar-refractivity contribution in [2.45, 2.75) is 109 Å². The van der Waals surface area contributed by atoms with Crippen LogP contribution in [0.25, 0.3) is 0 Å². The molecule has 2 aliphatic heterocycles. The minimum atomic E-state index is -1.04. The lowest BCUT2D eigenvalue weighted by atomic mass is 9.84. The number of hydrogen-bond acceptors (Lipinski definition) is 8. The van der Waals surface area contributed by atoms with Crippen molar-refractivity contribution in [2.75, 3.05) is 43.2 Å². The smallest absolute Gasteiger partial charge is 0.410 e. The molecule has 2 aliphatic carbocycles. The number of hydrogen-bond donors (Lipinski definition) is 1. The van der Waals surface area contributed by atoms with Crippen molar-refractivity contribution in [1.29, 1.82) is 0 Å². The van der Waals surface area contributed by atoms with Crippen LogP contribution in [0.1, 0.15) is 91.5 Å². The van der Waals surface area contributed by atoms with Crippen molar-refractivity contribution in [3.05, 3.63) is 48.3 Å². The van der Waals surface area contributed by atoms with Crippen molar-refractivity contribution in [3.63, 3.8) is 0 Å². The fourth-order valence-corrected chi connectivity index (χ4v) is 7.76. The third kappa shape index (κ3) is 8.00. The van der Waals surface area contributed by atoms with E-state index in [0.29, 0.717) is 43.1 Å². The topological polar surface area (TPSA) is 131 Å². The van der Waals surface area contributed by atoms with Gasteiger partial charge in [-0.2, -0.15) is 0 Å². The molecule has 276 valence electrons. The second-order valence-corrected chi connectivity index (χ2v) is 16.0. The highest BCUT2D eigenvalue weighted by molar-refractivity contribution is 6.04. The van der Waals surface area contributed by atoms with Crippen LogP contribution in [-0.2, 0) is 29.4 Å². The molecule has 6 rings (SSSR count). The molecular formula is C39H53N5O7. The SMILES string of the molecule is COCCCN1C(=O)C(C)(C)Oc2ccc(N(C(=O)[C@@H]3C[C@H](C(=O)NC4(c5ccncc5)CCCC4)CN(C(=O)OC(C)(C)C)C3)C3CC3)cc21. The van der Waals surface area contributed by atoms with Crippen molar-refractivity contribution < 1.29 is 33.4 Å². The van der Waals surface area contributed by atoms with Crippen LogP contribution in [0.2, 0.25) is 0 Å². The van der Waals surface area contributed by atoms with Gasteiger partial charge in [0, 0.05) is 57.5 Å². The van der Waals surface area contributed by atoms with Gasteiger partial charge in [-0.05, 0) is 109 Å². The van der Waals surface area contributed by atoms with Crippen LogP contribution >= 0.6 is 0 Å². The molecule has 2 atom stereocenters. The maximum absolute atomic E-state index is 14.7. The van der Waals surface area contributed by atoms with Crippen molar-refractivity contribution >= 4 is 35.2 Å². The zero-order valence-corrected chi connectivity index (χ0v) is 30.9. The number of methoxy groups -OCH3 is 1. The maximum Gasteiger partial charge on any atom is 0.410 e. The summed E-state index contributed by atoms with van der Waals surface area (Å²) in [6, 6.07) is 9.45. The minimum absolute atomic E-state index is 0.0215. The van der Waals surface area contributed by atoms with Gasteiger partial charge in [-0.1, -0.05) is 12.8 Å². The first kappa shape index (κ1) is 36.6. The number of pyridine rings is 1. The maximum atomic E-state index is 14.7. The van der Waals surface area contributed by atoms with Crippen LogP contribution in [0, 0.1) is 11.8 Å². The Labute approximate surface area is 301 Å². The highest BCUT2D eigenvalue weighted by Gasteiger charge is 2.46. The first-order valence-corrected chi connectivity index (χ1v) is 18.4. The Hall–Kier alpha value is -4.19. The lowest BCUT2D eigenvalue weighted by molar-refractivity contribution is -0.133. The van der Waals surface area contributed by atoms with E-state index in [-0.39, 0.29) is 36.9 Å². The average Bonchev–Trinajstić information content (AvgIpc) is 3.81. The van der Waals surface area contributed by atoms with E-state index < -0.39 is 34.7 Å². The number of piperidine rings is 1. The van der Waals surface area contributed by atoms with E-state index in [1.54, 1.807) is 59.0 Å². The predicted octanol–water partition coefficient (Wildman–Crippen LogP) is 5.58. The van der Waals surface area contributed by atoms with Crippen LogP contribution < -0.4 is 19.9 Å². The van der Waals surface area contributed by atoms with Gasteiger partial charge in [-0.25, -0.2) is 4.79 Å². The van der Waals surface area contributed by atoms with E-state index in [2.05, 4.69) is 10.3 Å². The highest BCUT2D eigenvalue weighted by Crippen LogP contribution is 2.44. The van der Waals surface area contributed by atoms with E-state index in [9.17, 15) is 19.2 Å². The molecule has 12 nitrogen and oxygen atoms in total. The van der Waals surface area contributed by atoms with Gasteiger partial charge >= 0.3 is 6.09 Å². The lowest BCUT2D eigenvalue weighted by Crippen LogP contribution is -2.55. The summed E-state index contributed by atoms with van der Waals surface area (Å²) in [6.45, 7) is 10.2. The molecule has 3 fully saturated rings. The molecule has 51 heavy (non-hydrogen) atoms. The first-order chi connectivity index (χ1) is 24.2. The second-order valence-electron chi connectivity index (χ2n) is 16.0. The largest absolute Gasteiger partial charge is 0.476 e. The molecule has 2 saturated carbocycles. The molecule has 4 amide bonds. The Kier molecular flexibility index (Phi) is 10.4. The number of anilines is 2. The molecule has 1 saturated heterocycles. The van der Waals surface area contributed by atoms with E-state index in [4.69, 9.17) is 14.2 Å². The number of benzene rings is 1. The normalized spacial score (nSPS) is 22.5. The summed E-state index contributed by atoms with van der Waals surface area (Å²) in [7, 11) is 1.63. The molecule has 0 radical (unpaired) electrons. The fraction of sp³-hybridized carbons (Fsp3) is 0.615. The van der Waals surface area contributed by atoms with E-state index >= 15 is 0 Å². The molecule has 0 spiro atoms. The van der Waals surface area contributed by atoms with Gasteiger partial charge in [0.15, 0.2) is 5.60 Å². The van der Waals surface area contributed by atoms with E-state index in [1.165, 1.54) is 4.90 Å². The monoisotopic (exact) mass is 703 g/mol. The molecule has 12 heteroatoms. The van der Waals surface area contributed by atoms with Crippen LogP contribution in [0.5, 0.6) is 5.75 Å². The van der Waals surface area contributed by atoms with Crippen molar-refractivity contribution in [3.8, 4) is 5.75 Å². The number of likely N-dealkylation sites (tertiary alicyclic amines) is 1.